The number of carboxylic acids is 1. The standard InChI is InChI=1S/C13H14F2N2O3/c1-13(11(18)19)4-5-17(7-13)12(20)16-10-6-8(14)2-3-9(10)15/h2-3,6H,4-5,7H2,1H3,(H,16,20)(H,18,19). The van der Waals surface area contributed by atoms with Gasteiger partial charge in [0.05, 0.1) is 11.1 Å². The molecule has 1 aliphatic heterocycles. The van der Waals surface area contributed by atoms with E-state index in [2.05, 4.69) is 5.32 Å². The van der Waals surface area contributed by atoms with Crippen LogP contribution < -0.4 is 5.32 Å². The molecule has 5 nitrogen and oxygen atoms in total. The van der Waals surface area contributed by atoms with Crippen molar-refractivity contribution in [2.75, 3.05) is 18.4 Å². The summed E-state index contributed by atoms with van der Waals surface area (Å²) in [5.74, 6) is -2.40. The van der Waals surface area contributed by atoms with Crippen LogP contribution in [0.5, 0.6) is 0 Å². The zero-order valence-electron chi connectivity index (χ0n) is 10.8. The minimum absolute atomic E-state index is 0.0328. The largest absolute Gasteiger partial charge is 0.481 e. The summed E-state index contributed by atoms with van der Waals surface area (Å²) in [6.45, 7) is 1.84. The molecule has 0 saturated carbocycles. The third-order valence-electron chi connectivity index (χ3n) is 3.45. The molecule has 0 radical (unpaired) electrons. The van der Waals surface area contributed by atoms with Crippen molar-refractivity contribution in [1.82, 2.24) is 4.90 Å². The van der Waals surface area contributed by atoms with Crippen LogP contribution in [0.15, 0.2) is 18.2 Å². The molecular formula is C13H14F2N2O3. The monoisotopic (exact) mass is 284 g/mol. The summed E-state index contributed by atoms with van der Waals surface area (Å²) in [7, 11) is 0. The third kappa shape index (κ3) is 2.71. The summed E-state index contributed by atoms with van der Waals surface area (Å²) in [6.07, 6.45) is 0.321. The van der Waals surface area contributed by atoms with Gasteiger partial charge in [0.2, 0.25) is 0 Å². The van der Waals surface area contributed by atoms with E-state index in [9.17, 15) is 18.4 Å². The van der Waals surface area contributed by atoms with Gasteiger partial charge in [-0.15, -0.1) is 0 Å². The van der Waals surface area contributed by atoms with E-state index in [1.165, 1.54) is 4.90 Å². The van der Waals surface area contributed by atoms with Gasteiger partial charge in [-0.25, -0.2) is 13.6 Å². The van der Waals surface area contributed by atoms with Crippen molar-refractivity contribution in [1.29, 1.82) is 0 Å². The van der Waals surface area contributed by atoms with Gasteiger partial charge < -0.3 is 15.3 Å². The van der Waals surface area contributed by atoms with Crippen LogP contribution in [0.4, 0.5) is 19.3 Å². The minimum atomic E-state index is -1.00. The van der Waals surface area contributed by atoms with E-state index in [0.29, 0.717) is 6.42 Å². The van der Waals surface area contributed by atoms with Crippen molar-refractivity contribution in [3.8, 4) is 0 Å². The summed E-state index contributed by atoms with van der Waals surface area (Å²) >= 11 is 0. The topological polar surface area (TPSA) is 69.6 Å². The Hall–Kier alpha value is -2.18. The highest BCUT2D eigenvalue weighted by molar-refractivity contribution is 5.90. The molecule has 0 aromatic heterocycles. The molecule has 2 N–H and O–H groups in total. The van der Waals surface area contributed by atoms with E-state index in [4.69, 9.17) is 5.11 Å². The lowest BCUT2D eigenvalue weighted by Gasteiger charge is -2.20. The number of amides is 2. The van der Waals surface area contributed by atoms with Gasteiger partial charge >= 0.3 is 12.0 Å². The van der Waals surface area contributed by atoms with Crippen LogP contribution in [0, 0.1) is 17.0 Å². The number of likely N-dealkylation sites (tertiary alicyclic amines) is 1. The molecule has 1 atom stereocenters. The van der Waals surface area contributed by atoms with Crippen molar-refractivity contribution in [2.24, 2.45) is 5.41 Å². The first-order valence-electron chi connectivity index (χ1n) is 6.06. The molecule has 7 heteroatoms. The van der Waals surface area contributed by atoms with E-state index < -0.39 is 29.0 Å². The quantitative estimate of drug-likeness (QED) is 0.875. The SMILES string of the molecule is CC1(C(=O)O)CCN(C(=O)Nc2cc(F)ccc2F)C1. The number of halogens is 2. The molecule has 1 saturated heterocycles. The molecule has 2 amide bonds. The smallest absolute Gasteiger partial charge is 0.321 e. The minimum Gasteiger partial charge on any atom is -0.481 e. The third-order valence-corrected chi connectivity index (χ3v) is 3.45. The number of hydrogen-bond acceptors (Lipinski definition) is 2. The van der Waals surface area contributed by atoms with Crippen LogP contribution >= 0.6 is 0 Å². The highest BCUT2D eigenvalue weighted by atomic mass is 19.1. The number of carbonyl (C=O) groups is 2. The molecule has 1 aliphatic rings. The number of nitrogens with one attached hydrogen (secondary N) is 1. The predicted octanol–water partition coefficient (Wildman–Crippen LogP) is 2.29. The van der Waals surface area contributed by atoms with Gasteiger partial charge in [-0.05, 0) is 25.5 Å². The molecule has 1 heterocycles. The number of nitrogens with zero attached hydrogens (tertiary/aromatic N) is 1. The Labute approximate surface area is 114 Å². The van der Waals surface area contributed by atoms with Gasteiger partial charge in [-0.3, -0.25) is 4.79 Å². The van der Waals surface area contributed by atoms with E-state index >= 15 is 0 Å². The van der Waals surface area contributed by atoms with E-state index in [0.717, 1.165) is 18.2 Å². The zero-order valence-corrected chi connectivity index (χ0v) is 10.8. The number of hydrogen-bond donors (Lipinski definition) is 2. The molecule has 108 valence electrons. The summed E-state index contributed by atoms with van der Waals surface area (Å²) < 4.78 is 26.4. The van der Waals surface area contributed by atoms with Crippen LogP contribution in [0.3, 0.4) is 0 Å². The van der Waals surface area contributed by atoms with Crippen LogP contribution in [-0.4, -0.2) is 35.1 Å². The first-order chi connectivity index (χ1) is 9.32. The lowest BCUT2D eigenvalue weighted by molar-refractivity contribution is -0.146. The predicted molar refractivity (Wildman–Crippen MR) is 67.3 cm³/mol. The zero-order chi connectivity index (χ0) is 14.9. The number of benzene rings is 1. The van der Waals surface area contributed by atoms with Gasteiger partial charge in [0, 0.05) is 19.2 Å². The Balaban J connectivity index is 2.07. The number of rotatable bonds is 2. The molecule has 20 heavy (non-hydrogen) atoms. The maximum absolute atomic E-state index is 13.4. The van der Waals surface area contributed by atoms with Gasteiger partial charge in [-0.2, -0.15) is 0 Å². The fourth-order valence-corrected chi connectivity index (χ4v) is 2.10. The molecule has 1 unspecified atom stereocenters. The lowest BCUT2D eigenvalue weighted by atomic mass is 9.90. The first kappa shape index (κ1) is 14.2. The maximum atomic E-state index is 13.4. The van der Waals surface area contributed by atoms with Crippen molar-refractivity contribution in [3.05, 3.63) is 29.8 Å². The first-order valence-corrected chi connectivity index (χ1v) is 6.06. The molecule has 1 fully saturated rings. The summed E-state index contributed by atoms with van der Waals surface area (Å²) in [6, 6.07) is 2.10. The van der Waals surface area contributed by atoms with Crippen LogP contribution in [0.25, 0.3) is 0 Å². The van der Waals surface area contributed by atoms with Crippen molar-refractivity contribution < 1.29 is 23.5 Å². The molecule has 1 aromatic carbocycles. The Kier molecular flexibility index (Phi) is 3.61. The number of aliphatic carboxylic acids is 1. The van der Waals surface area contributed by atoms with Crippen LogP contribution in [-0.2, 0) is 4.79 Å². The Morgan fingerprint density at radius 1 is 1.40 bits per heavy atom. The van der Waals surface area contributed by atoms with Gasteiger partial charge in [0.15, 0.2) is 0 Å². The molecular weight excluding hydrogens is 270 g/mol. The number of urea groups is 1. The number of carboxylic acid groups (broad SMARTS) is 1. The van der Waals surface area contributed by atoms with Crippen LogP contribution in [0.2, 0.25) is 0 Å². The second-order valence-corrected chi connectivity index (χ2v) is 5.09. The lowest BCUT2D eigenvalue weighted by Crippen LogP contribution is -2.37. The second kappa shape index (κ2) is 5.07. The molecule has 0 bridgehead atoms. The van der Waals surface area contributed by atoms with Crippen molar-refractivity contribution in [3.63, 3.8) is 0 Å². The second-order valence-electron chi connectivity index (χ2n) is 5.09. The van der Waals surface area contributed by atoms with Gasteiger partial charge in [-0.1, -0.05) is 0 Å². The average molecular weight is 284 g/mol. The van der Waals surface area contributed by atoms with Crippen LogP contribution in [0.1, 0.15) is 13.3 Å². The van der Waals surface area contributed by atoms with Gasteiger partial charge in [0.1, 0.15) is 11.6 Å². The molecule has 2 rings (SSSR count). The Morgan fingerprint density at radius 2 is 2.10 bits per heavy atom. The summed E-state index contributed by atoms with van der Waals surface area (Å²) in [4.78, 5) is 24.3. The van der Waals surface area contributed by atoms with E-state index in [-0.39, 0.29) is 18.8 Å². The number of carbonyl (C=O) groups excluding carboxylic acids is 1. The summed E-state index contributed by atoms with van der Waals surface area (Å²) in [5.41, 5.74) is -1.27. The van der Waals surface area contributed by atoms with Gasteiger partial charge in [0.25, 0.3) is 0 Å². The number of anilines is 1. The molecule has 1 aromatic rings. The van der Waals surface area contributed by atoms with Crippen molar-refractivity contribution >= 4 is 17.7 Å². The normalized spacial score (nSPS) is 21.9. The summed E-state index contributed by atoms with van der Waals surface area (Å²) in [5, 5.41) is 11.3. The average Bonchev–Trinajstić information content (AvgIpc) is 2.78. The maximum Gasteiger partial charge on any atom is 0.321 e. The highest BCUT2D eigenvalue weighted by Crippen LogP contribution is 2.30. The molecule has 0 aliphatic carbocycles. The van der Waals surface area contributed by atoms with E-state index in [1.54, 1.807) is 6.92 Å². The van der Waals surface area contributed by atoms with E-state index in [1.807, 2.05) is 0 Å². The fourth-order valence-electron chi connectivity index (χ4n) is 2.10. The fraction of sp³-hybridized carbons (Fsp3) is 0.385. The van der Waals surface area contributed by atoms with Crippen molar-refractivity contribution in [2.45, 2.75) is 13.3 Å². The highest BCUT2D eigenvalue weighted by Gasteiger charge is 2.42. The Bertz CT molecular complexity index is 565. The molecule has 0 spiro atoms. The Morgan fingerprint density at radius 3 is 2.70 bits per heavy atom.